The highest BCUT2D eigenvalue weighted by Crippen LogP contribution is 2.34. The zero-order chi connectivity index (χ0) is 13.0. The van der Waals surface area contributed by atoms with E-state index >= 15 is 0 Å². The zero-order valence-electron chi connectivity index (χ0n) is 10.5. The van der Waals surface area contributed by atoms with Crippen LogP contribution in [0.2, 0.25) is 0 Å². The largest absolute Gasteiger partial charge is 0.270 e. The molecule has 1 atom stereocenters. The topological polar surface area (TPSA) is 43.1 Å². The number of halogens is 1. The minimum Gasteiger partial charge on any atom is -0.258 e. The molecule has 0 radical (unpaired) electrons. The molecule has 0 N–H and O–H groups in total. The molecule has 17 heavy (non-hydrogen) atoms. The fourth-order valence-electron chi connectivity index (χ4n) is 2.00. The molecule has 1 unspecified atom stereocenters. The highest BCUT2D eigenvalue weighted by atomic mass is 79.9. The highest BCUT2D eigenvalue weighted by Gasteiger charge is 2.18. The van der Waals surface area contributed by atoms with Crippen molar-refractivity contribution in [3.63, 3.8) is 0 Å². The van der Waals surface area contributed by atoms with Crippen molar-refractivity contribution in [1.29, 1.82) is 0 Å². The summed E-state index contributed by atoms with van der Waals surface area (Å²) in [7, 11) is 0. The van der Waals surface area contributed by atoms with Gasteiger partial charge in [0.15, 0.2) is 0 Å². The van der Waals surface area contributed by atoms with Crippen LogP contribution in [0.15, 0.2) is 16.6 Å². The molecule has 1 aromatic carbocycles. The van der Waals surface area contributed by atoms with Crippen LogP contribution in [-0.4, -0.2) is 4.92 Å². The Balaban J connectivity index is 3.32. The number of benzene rings is 1. The maximum Gasteiger partial charge on any atom is 0.270 e. The number of hydrogen-bond donors (Lipinski definition) is 0. The van der Waals surface area contributed by atoms with Gasteiger partial charge >= 0.3 is 0 Å². The lowest BCUT2D eigenvalue weighted by Gasteiger charge is -2.16. The summed E-state index contributed by atoms with van der Waals surface area (Å²) < 4.78 is 0.865. The van der Waals surface area contributed by atoms with Crippen molar-refractivity contribution in [2.45, 2.75) is 46.0 Å². The number of nitro benzene ring substituents is 1. The highest BCUT2D eigenvalue weighted by molar-refractivity contribution is 9.10. The maximum atomic E-state index is 10.8. The van der Waals surface area contributed by atoms with Crippen molar-refractivity contribution in [3.8, 4) is 0 Å². The Morgan fingerprint density at radius 1 is 1.41 bits per heavy atom. The van der Waals surface area contributed by atoms with Gasteiger partial charge in [-0.1, -0.05) is 43.1 Å². The predicted octanol–water partition coefficient (Wildman–Crippen LogP) is 4.82. The molecular formula is C13H18BrNO2. The lowest BCUT2D eigenvalue weighted by atomic mass is 9.91. The van der Waals surface area contributed by atoms with Crippen LogP contribution in [0.4, 0.5) is 5.69 Å². The molecule has 0 bridgehead atoms. The maximum absolute atomic E-state index is 10.8. The number of nitro groups is 1. The van der Waals surface area contributed by atoms with Gasteiger partial charge in [-0.3, -0.25) is 10.1 Å². The lowest BCUT2D eigenvalue weighted by molar-refractivity contribution is -0.385. The molecule has 1 aromatic rings. The molecule has 0 heterocycles. The van der Waals surface area contributed by atoms with Crippen LogP contribution in [0.25, 0.3) is 0 Å². The average molecular weight is 300 g/mol. The SMILES string of the molecule is CCCc1cc([N+](=O)[O-])cc(Br)c1C(C)CC. The predicted molar refractivity (Wildman–Crippen MR) is 73.5 cm³/mol. The van der Waals surface area contributed by atoms with Gasteiger partial charge in [0.2, 0.25) is 0 Å². The molecule has 94 valence electrons. The van der Waals surface area contributed by atoms with Crippen LogP contribution < -0.4 is 0 Å². The molecule has 0 aliphatic carbocycles. The van der Waals surface area contributed by atoms with Gasteiger partial charge in [-0.25, -0.2) is 0 Å². The Hall–Kier alpha value is -0.900. The van der Waals surface area contributed by atoms with Crippen molar-refractivity contribution in [1.82, 2.24) is 0 Å². The molecule has 4 heteroatoms. The van der Waals surface area contributed by atoms with Gasteiger partial charge in [-0.15, -0.1) is 0 Å². The van der Waals surface area contributed by atoms with Gasteiger partial charge in [-0.05, 0) is 29.9 Å². The molecule has 0 aliphatic rings. The van der Waals surface area contributed by atoms with E-state index in [4.69, 9.17) is 0 Å². The van der Waals surface area contributed by atoms with Gasteiger partial charge in [0.1, 0.15) is 0 Å². The number of non-ortho nitro benzene ring substituents is 1. The van der Waals surface area contributed by atoms with Crippen molar-refractivity contribution in [2.24, 2.45) is 0 Å². The smallest absolute Gasteiger partial charge is 0.258 e. The Morgan fingerprint density at radius 2 is 2.06 bits per heavy atom. The van der Waals surface area contributed by atoms with Gasteiger partial charge in [0.25, 0.3) is 5.69 Å². The Labute approximate surface area is 111 Å². The molecule has 0 aromatic heterocycles. The van der Waals surface area contributed by atoms with Gasteiger partial charge < -0.3 is 0 Å². The fraction of sp³-hybridized carbons (Fsp3) is 0.538. The summed E-state index contributed by atoms with van der Waals surface area (Å²) in [4.78, 5) is 10.5. The monoisotopic (exact) mass is 299 g/mol. The number of hydrogen-bond acceptors (Lipinski definition) is 2. The van der Waals surface area contributed by atoms with Crippen molar-refractivity contribution in [3.05, 3.63) is 37.8 Å². The van der Waals surface area contributed by atoms with Crippen LogP contribution in [0.5, 0.6) is 0 Å². The Morgan fingerprint density at radius 3 is 2.53 bits per heavy atom. The van der Waals surface area contributed by atoms with Crippen LogP contribution >= 0.6 is 15.9 Å². The summed E-state index contributed by atoms with van der Waals surface area (Å²) in [6, 6.07) is 3.33. The summed E-state index contributed by atoms with van der Waals surface area (Å²) in [5.41, 5.74) is 2.50. The third kappa shape index (κ3) is 3.28. The number of rotatable bonds is 5. The summed E-state index contributed by atoms with van der Waals surface area (Å²) in [6.07, 6.45) is 2.92. The van der Waals surface area contributed by atoms with E-state index in [9.17, 15) is 10.1 Å². The van der Waals surface area contributed by atoms with E-state index in [2.05, 4.69) is 36.7 Å². The molecule has 0 fully saturated rings. The second-order valence-corrected chi connectivity index (χ2v) is 5.17. The molecule has 0 aliphatic heterocycles. The summed E-state index contributed by atoms with van der Waals surface area (Å²) in [5, 5.41) is 10.8. The number of nitrogens with zero attached hydrogens (tertiary/aromatic N) is 1. The fourth-order valence-corrected chi connectivity index (χ4v) is 2.88. The summed E-state index contributed by atoms with van der Waals surface area (Å²) in [5.74, 6) is 0.423. The third-order valence-corrected chi connectivity index (χ3v) is 3.69. The minimum atomic E-state index is -0.329. The van der Waals surface area contributed by atoms with E-state index in [1.807, 2.05) is 0 Å². The van der Waals surface area contributed by atoms with Crippen LogP contribution in [0, 0.1) is 10.1 Å². The lowest BCUT2D eigenvalue weighted by Crippen LogP contribution is -2.02. The van der Waals surface area contributed by atoms with E-state index in [-0.39, 0.29) is 10.6 Å². The Kier molecular flexibility index (Phi) is 5.12. The summed E-state index contributed by atoms with van der Waals surface area (Å²) >= 11 is 3.47. The molecule has 0 amide bonds. The van der Waals surface area contributed by atoms with Gasteiger partial charge in [-0.2, -0.15) is 0 Å². The third-order valence-electron chi connectivity index (χ3n) is 3.04. The number of aryl methyl sites for hydroxylation is 1. The van der Waals surface area contributed by atoms with E-state index in [0.29, 0.717) is 5.92 Å². The molecule has 0 saturated heterocycles. The van der Waals surface area contributed by atoms with E-state index in [0.717, 1.165) is 29.3 Å². The van der Waals surface area contributed by atoms with E-state index < -0.39 is 0 Å². The van der Waals surface area contributed by atoms with Gasteiger partial charge in [0, 0.05) is 16.6 Å². The first-order chi connectivity index (χ1) is 8.01. The molecule has 0 saturated carbocycles. The van der Waals surface area contributed by atoms with Crippen molar-refractivity contribution < 1.29 is 4.92 Å². The van der Waals surface area contributed by atoms with Crippen molar-refractivity contribution >= 4 is 21.6 Å². The standard InChI is InChI=1S/C13H18BrNO2/c1-4-6-10-7-11(15(16)17)8-12(14)13(10)9(3)5-2/h7-9H,4-6H2,1-3H3. The van der Waals surface area contributed by atoms with Crippen LogP contribution in [0.3, 0.4) is 0 Å². The molecule has 0 spiro atoms. The second-order valence-electron chi connectivity index (χ2n) is 4.32. The van der Waals surface area contributed by atoms with Crippen LogP contribution in [-0.2, 0) is 6.42 Å². The minimum absolute atomic E-state index is 0.173. The first-order valence-electron chi connectivity index (χ1n) is 5.97. The second kappa shape index (κ2) is 6.15. The molecular weight excluding hydrogens is 282 g/mol. The Bertz CT molecular complexity index is 418. The zero-order valence-corrected chi connectivity index (χ0v) is 12.1. The van der Waals surface area contributed by atoms with Gasteiger partial charge in [0.05, 0.1) is 4.92 Å². The first-order valence-corrected chi connectivity index (χ1v) is 6.77. The quantitative estimate of drug-likeness (QED) is 0.577. The van der Waals surface area contributed by atoms with E-state index in [1.165, 1.54) is 5.56 Å². The normalized spacial score (nSPS) is 12.5. The molecule has 3 nitrogen and oxygen atoms in total. The van der Waals surface area contributed by atoms with Crippen LogP contribution in [0.1, 0.15) is 50.7 Å². The summed E-state index contributed by atoms with van der Waals surface area (Å²) in [6.45, 7) is 6.38. The van der Waals surface area contributed by atoms with E-state index in [1.54, 1.807) is 12.1 Å². The van der Waals surface area contributed by atoms with Crippen molar-refractivity contribution in [2.75, 3.05) is 0 Å². The molecule has 1 rings (SSSR count). The first kappa shape index (κ1) is 14.2. The average Bonchev–Trinajstić information content (AvgIpc) is 2.28.